The van der Waals surface area contributed by atoms with Crippen LogP contribution >= 0.6 is 47.8 Å². The van der Waals surface area contributed by atoms with Crippen LogP contribution in [0, 0.1) is 23.3 Å². The molecule has 0 aliphatic rings. The molecule has 5 aromatic rings. The van der Waals surface area contributed by atoms with Gasteiger partial charge in [0, 0.05) is 50.3 Å². The van der Waals surface area contributed by atoms with E-state index in [1.165, 1.54) is 36.9 Å². The van der Waals surface area contributed by atoms with Gasteiger partial charge in [-0.05, 0) is 90.3 Å². The van der Waals surface area contributed by atoms with E-state index in [0.29, 0.717) is 26.8 Å². The Morgan fingerprint density at radius 3 is 1.22 bits per heavy atom. The summed E-state index contributed by atoms with van der Waals surface area (Å²) < 4.78 is 106. The van der Waals surface area contributed by atoms with Gasteiger partial charge in [-0.25, -0.2) is 34.4 Å². The van der Waals surface area contributed by atoms with Crippen LogP contribution in [0.2, 0.25) is 0 Å². The van der Waals surface area contributed by atoms with Crippen molar-refractivity contribution >= 4 is 84.9 Å². The number of pyridine rings is 3. The van der Waals surface area contributed by atoms with Crippen molar-refractivity contribution in [3.8, 4) is 0 Å². The number of anilines is 3. The summed E-state index contributed by atoms with van der Waals surface area (Å²) in [6.45, 7) is 0. The first-order valence-electron chi connectivity index (χ1n) is 12.1. The van der Waals surface area contributed by atoms with Gasteiger partial charge in [-0.1, -0.05) is 0 Å². The molecular formula is C27H19Br3F4N6O4S2. The van der Waals surface area contributed by atoms with Crippen LogP contribution in [0.3, 0.4) is 0 Å². The largest absolute Gasteiger partial charge is 0.397 e. The Kier molecular flexibility index (Phi) is 13.0. The van der Waals surface area contributed by atoms with Crippen molar-refractivity contribution in [2.24, 2.45) is 0 Å². The molecule has 2 aromatic carbocycles. The Hall–Kier alpha value is -3.65. The van der Waals surface area contributed by atoms with Crippen LogP contribution in [0.1, 0.15) is 0 Å². The van der Waals surface area contributed by atoms with Gasteiger partial charge in [0.25, 0.3) is 20.0 Å². The summed E-state index contributed by atoms with van der Waals surface area (Å²) in [6.07, 6.45) is 8.77. The fourth-order valence-corrected chi connectivity index (χ4v) is 6.47. The minimum atomic E-state index is -4.13. The van der Waals surface area contributed by atoms with Gasteiger partial charge >= 0.3 is 0 Å². The van der Waals surface area contributed by atoms with E-state index < -0.39 is 53.1 Å². The van der Waals surface area contributed by atoms with Crippen molar-refractivity contribution in [2.45, 2.75) is 9.79 Å². The molecule has 4 N–H and O–H groups in total. The molecule has 3 heterocycles. The SMILES string of the molecule is Nc1cncc(Br)c1.O=S(=O)(Nc1cncc(Br)c1)c1ccc(F)cc1F.O=S(=O)(Nc1cncc(Br)c1)c1ccc(F)cc1F. The van der Waals surface area contributed by atoms with E-state index in [4.69, 9.17) is 5.73 Å². The number of nitrogens with one attached hydrogen (secondary N) is 2. The van der Waals surface area contributed by atoms with Crippen molar-refractivity contribution < 1.29 is 34.4 Å². The lowest BCUT2D eigenvalue weighted by molar-refractivity contribution is 0.549. The van der Waals surface area contributed by atoms with Gasteiger partial charge in [0.1, 0.15) is 33.1 Å². The normalized spacial score (nSPS) is 10.9. The molecule has 0 spiro atoms. The third kappa shape index (κ3) is 11.3. The zero-order valence-corrected chi connectivity index (χ0v) is 29.1. The molecule has 10 nitrogen and oxygen atoms in total. The smallest absolute Gasteiger partial charge is 0.264 e. The molecule has 0 aliphatic heterocycles. The summed E-state index contributed by atoms with van der Waals surface area (Å²) in [5.41, 5.74) is 6.38. The molecule has 3 aromatic heterocycles. The van der Waals surface area contributed by atoms with Crippen LogP contribution in [0.25, 0.3) is 0 Å². The molecule has 0 radical (unpaired) electrons. The fraction of sp³-hybridized carbons (Fsp3) is 0. The Bertz CT molecular complexity index is 1920. The molecule has 0 unspecified atom stereocenters. The monoisotopic (exact) mass is 868 g/mol. The van der Waals surface area contributed by atoms with Crippen LogP contribution in [0.4, 0.5) is 34.6 Å². The average molecular weight is 871 g/mol. The van der Waals surface area contributed by atoms with Crippen molar-refractivity contribution in [2.75, 3.05) is 15.2 Å². The quantitative estimate of drug-likeness (QED) is 0.151. The lowest BCUT2D eigenvalue weighted by Crippen LogP contribution is -2.14. The highest BCUT2D eigenvalue weighted by molar-refractivity contribution is 9.11. The highest BCUT2D eigenvalue weighted by atomic mass is 79.9. The van der Waals surface area contributed by atoms with Gasteiger partial charge < -0.3 is 5.73 Å². The Morgan fingerprint density at radius 1 is 0.543 bits per heavy atom. The first-order chi connectivity index (χ1) is 21.6. The molecule has 5 rings (SSSR count). The van der Waals surface area contributed by atoms with Gasteiger partial charge in [-0.2, -0.15) is 0 Å². The fourth-order valence-electron chi connectivity index (χ4n) is 3.17. The number of hydrogen-bond acceptors (Lipinski definition) is 8. The lowest BCUT2D eigenvalue weighted by Gasteiger charge is -2.08. The Morgan fingerprint density at radius 2 is 0.913 bits per heavy atom. The summed E-state index contributed by atoms with van der Waals surface area (Å²) in [6, 6.07) is 9.21. The van der Waals surface area contributed by atoms with Crippen LogP contribution in [-0.4, -0.2) is 31.8 Å². The number of benzene rings is 2. The van der Waals surface area contributed by atoms with Gasteiger partial charge in [0.05, 0.1) is 29.5 Å². The zero-order valence-electron chi connectivity index (χ0n) is 22.7. The number of halogens is 7. The molecule has 19 heteroatoms. The van der Waals surface area contributed by atoms with Gasteiger partial charge in [0.2, 0.25) is 0 Å². The van der Waals surface area contributed by atoms with Crippen LogP contribution < -0.4 is 15.2 Å². The number of hydrogen-bond donors (Lipinski definition) is 3. The second-order valence-corrected chi connectivity index (χ2v) is 14.6. The van der Waals surface area contributed by atoms with E-state index >= 15 is 0 Å². The number of nitrogens with zero attached hydrogens (tertiary/aromatic N) is 3. The molecule has 0 aliphatic carbocycles. The van der Waals surface area contributed by atoms with E-state index in [1.807, 2.05) is 0 Å². The third-order valence-electron chi connectivity index (χ3n) is 5.01. The van der Waals surface area contributed by atoms with E-state index in [-0.39, 0.29) is 11.4 Å². The predicted molar refractivity (Wildman–Crippen MR) is 175 cm³/mol. The number of rotatable bonds is 6. The Balaban J connectivity index is 0.000000203. The first-order valence-corrected chi connectivity index (χ1v) is 17.4. The highest BCUT2D eigenvalue weighted by Gasteiger charge is 2.21. The second-order valence-electron chi connectivity index (χ2n) is 8.58. The van der Waals surface area contributed by atoms with Crippen molar-refractivity contribution in [1.82, 2.24) is 15.0 Å². The van der Waals surface area contributed by atoms with Crippen LogP contribution in [0.15, 0.2) is 115 Å². The zero-order chi connectivity index (χ0) is 34.1. The molecule has 0 saturated carbocycles. The highest BCUT2D eigenvalue weighted by Crippen LogP contribution is 2.22. The molecule has 46 heavy (non-hydrogen) atoms. The van der Waals surface area contributed by atoms with E-state index in [9.17, 15) is 34.4 Å². The van der Waals surface area contributed by atoms with Gasteiger partial charge in [0.15, 0.2) is 0 Å². The number of aromatic nitrogens is 3. The maximum Gasteiger partial charge on any atom is 0.264 e. The second kappa shape index (κ2) is 16.3. The summed E-state index contributed by atoms with van der Waals surface area (Å²) >= 11 is 9.48. The molecule has 0 fully saturated rings. The average Bonchev–Trinajstić information content (AvgIpc) is 2.93. The molecule has 0 saturated heterocycles. The summed E-state index contributed by atoms with van der Waals surface area (Å²) in [5.74, 6) is -4.01. The minimum absolute atomic E-state index is 0.165. The molecule has 0 atom stereocenters. The third-order valence-corrected chi connectivity index (χ3v) is 9.14. The number of nitrogen functional groups attached to an aromatic ring is 1. The lowest BCUT2D eigenvalue weighted by atomic mass is 10.3. The number of sulfonamides is 2. The maximum absolute atomic E-state index is 13.4. The molecule has 242 valence electrons. The topological polar surface area (TPSA) is 157 Å². The van der Waals surface area contributed by atoms with Gasteiger partial charge in [-0.15, -0.1) is 0 Å². The molecule has 0 amide bonds. The summed E-state index contributed by atoms with van der Waals surface area (Å²) in [4.78, 5) is 10.1. The van der Waals surface area contributed by atoms with Gasteiger partial charge in [-0.3, -0.25) is 24.4 Å². The minimum Gasteiger partial charge on any atom is -0.397 e. The van der Waals surface area contributed by atoms with E-state index in [0.717, 1.165) is 28.7 Å². The number of nitrogens with two attached hydrogens (primary N) is 1. The maximum atomic E-state index is 13.4. The van der Waals surface area contributed by atoms with Crippen molar-refractivity contribution in [3.05, 3.63) is 128 Å². The van der Waals surface area contributed by atoms with Crippen molar-refractivity contribution in [3.63, 3.8) is 0 Å². The predicted octanol–water partition coefficient (Wildman–Crippen LogP) is 7.27. The first kappa shape index (κ1) is 36.8. The van der Waals surface area contributed by atoms with Crippen LogP contribution in [-0.2, 0) is 20.0 Å². The van der Waals surface area contributed by atoms with E-state index in [1.54, 1.807) is 18.5 Å². The molecular weight excluding hydrogens is 852 g/mol. The standard InChI is InChI=1S/2C11H7BrF2N2O2S.C5H5BrN2/c2*12-7-3-9(6-15-5-7)16-19(17,18)11-2-1-8(13)4-10(11)14;6-4-1-5(7)3-8-2-4/h2*1-6,16H;1-3H,7H2. The van der Waals surface area contributed by atoms with Crippen LogP contribution in [0.5, 0.6) is 0 Å². The Labute approximate surface area is 286 Å². The summed E-state index contributed by atoms with van der Waals surface area (Å²) in [5, 5.41) is 0. The van der Waals surface area contributed by atoms with Crippen molar-refractivity contribution in [1.29, 1.82) is 0 Å². The van der Waals surface area contributed by atoms with E-state index in [2.05, 4.69) is 72.2 Å². The molecule has 0 bridgehead atoms. The summed E-state index contributed by atoms with van der Waals surface area (Å²) in [7, 11) is -8.26.